The fourth-order valence-electron chi connectivity index (χ4n) is 3.40. The molecule has 6 heteroatoms. The molecule has 2 heterocycles. The Morgan fingerprint density at radius 1 is 0.967 bits per heavy atom. The van der Waals surface area contributed by atoms with Crippen LogP contribution < -0.4 is 14.8 Å². The van der Waals surface area contributed by atoms with Gasteiger partial charge in [-0.15, -0.1) is 0 Å². The first-order valence-corrected chi connectivity index (χ1v) is 9.90. The minimum absolute atomic E-state index is 0.231. The third kappa shape index (κ3) is 3.48. The van der Waals surface area contributed by atoms with Gasteiger partial charge in [0.05, 0.1) is 0 Å². The number of amides is 1. The minimum Gasteiger partial charge on any atom is -0.486 e. The van der Waals surface area contributed by atoms with Gasteiger partial charge in [-0.3, -0.25) is 4.79 Å². The fourth-order valence-corrected chi connectivity index (χ4v) is 3.40. The zero-order chi connectivity index (χ0) is 20.5. The van der Waals surface area contributed by atoms with Gasteiger partial charge < -0.3 is 19.2 Å². The highest BCUT2D eigenvalue weighted by molar-refractivity contribution is 6.05. The minimum atomic E-state index is -0.231. The van der Waals surface area contributed by atoms with E-state index in [0.29, 0.717) is 53.0 Å². The van der Waals surface area contributed by atoms with Gasteiger partial charge in [0.25, 0.3) is 5.91 Å². The van der Waals surface area contributed by atoms with Gasteiger partial charge >= 0.3 is 0 Å². The molecule has 5 rings (SSSR count). The molecule has 0 radical (unpaired) electrons. The summed E-state index contributed by atoms with van der Waals surface area (Å²) in [4.78, 5) is 17.3. The van der Waals surface area contributed by atoms with Crippen LogP contribution in [0.4, 0.5) is 5.69 Å². The number of benzene rings is 3. The van der Waals surface area contributed by atoms with E-state index in [9.17, 15) is 4.79 Å². The number of carbonyl (C=O) groups is 1. The Morgan fingerprint density at radius 3 is 2.57 bits per heavy atom. The van der Waals surface area contributed by atoms with Crippen LogP contribution in [-0.4, -0.2) is 24.1 Å². The van der Waals surface area contributed by atoms with E-state index in [0.717, 1.165) is 12.0 Å². The molecule has 0 unspecified atom stereocenters. The van der Waals surface area contributed by atoms with E-state index in [-0.39, 0.29) is 5.91 Å². The number of nitrogens with zero attached hydrogens (tertiary/aromatic N) is 1. The molecule has 1 aliphatic heterocycles. The van der Waals surface area contributed by atoms with E-state index in [2.05, 4.69) is 29.4 Å². The van der Waals surface area contributed by atoms with E-state index in [1.54, 1.807) is 30.3 Å². The second-order valence-electron chi connectivity index (χ2n) is 7.06. The molecule has 30 heavy (non-hydrogen) atoms. The van der Waals surface area contributed by atoms with E-state index in [4.69, 9.17) is 13.9 Å². The second kappa shape index (κ2) is 7.55. The van der Waals surface area contributed by atoms with E-state index < -0.39 is 0 Å². The summed E-state index contributed by atoms with van der Waals surface area (Å²) in [6, 6.07) is 18.7. The lowest BCUT2D eigenvalue weighted by Gasteiger charge is -2.18. The summed E-state index contributed by atoms with van der Waals surface area (Å²) in [5.41, 5.74) is 4.68. The SMILES string of the molecule is CCc1ccc(-c2nc3cc(NC(=O)c4ccc5c(c4)OCCO5)ccc3o2)cc1. The van der Waals surface area contributed by atoms with Crippen LogP contribution in [0.25, 0.3) is 22.6 Å². The topological polar surface area (TPSA) is 73.6 Å². The van der Waals surface area contributed by atoms with Crippen molar-refractivity contribution in [2.24, 2.45) is 0 Å². The van der Waals surface area contributed by atoms with Crippen LogP contribution in [0, 0.1) is 0 Å². The number of fused-ring (bicyclic) bond motifs is 2. The van der Waals surface area contributed by atoms with E-state index in [1.165, 1.54) is 5.56 Å². The van der Waals surface area contributed by atoms with Crippen LogP contribution in [0.2, 0.25) is 0 Å². The van der Waals surface area contributed by atoms with Crippen molar-refractivity contribution in [2.75, 3.05) is 18.5 Å². The Hall–Kier alpha value is -3.80. The number of aromatic nitrogens is 1. The molecule has 0 saturated carbocycles. The molecule has 3 aromatic carbocycles. The number of hydrogen-bond acceptors (Lipinski definition) is 5. The highest BCUT2D eigenvalue weighted by atomic mass is 16.6. The number of hydrogen-bond donors (Lipinski definition) is 1. The summed E-state index contributed by atoms with van der Waals surface area (Å²) in [5, 5.41) is 2.90. The highest BCUT2D eigenvalue weighted by Crippen LogP contribution is 2.31. The van der Waals surface area contributed by atoms with Crippen molar-refractivity contribution in [2.45, 2.75) is 13.3 Å². The third-order valence-electron chi connectivity index (χ3n) is 5.06. The van der Waals surface area contributed by atoms with Crippen molar-refractivity contribution in [1.29, 1.82) is 0 Å². The zero-order valence-electron chi connectivity index (χ0n) is 16.5. The molecule has 1 N–H and O–H groups in total. The average Bonchev–Trinajstić information content (AvgIpc) is 3.22. The van der Waals surface area contributed by atoms with E-state index >= 15 is 0 Å². The maximum absolute atomic E-state index is 12.7. The number of rotatable bonds is 4. The first-order chi connectivity index (χ1) is 14.7. The number of carbonyl (C=O) groups excluding carboxylic acids is 1. The van der Waals surface area contributed by atoms with Crippen LogP contribution in [0.3, 0.4) is 0 Å². The van der Waals surface area contributed by atoms with Gasteiger partial charge in [0.1, 0.15) is 18.7 Å². The molecule has 1 aliphatic rings. The summed E-state index contributed by atoms with van der Waals surface area (Å²) in [7, 11) is 0. The standard InChI is InChI=1S/C24H20N2O4/c1-2-15-3-5-16(6-4-15)24-26-19-14-18(8-10-20(19)30-24)25-23(27)17-7-9-21-22(13-17)29-12-11-28-21/h3-10,13-14H,2,11-12H2,1H3,(H,25,27). The lowest BCUT2D eigenvalue weighted by Crippen LogP contribution is -2.17. The first-order valence-electron chi connectivity index (χ1n) is 9.90. The Kier molecular flexibility index (Phi) is 4.59. The molecule has 0 saturated heterocycles. The van der Waals surface area contributed by atoms with Gasteiger partial charge in [-0.1, -0.05) is 19.1 Å². The molecule has 6 nitrogen and oxygen atoms in total. The van der Waals surface area contributed by atoms with Gasteiger partial charge in [0, 0.05) is 16.8 Å². The largest absolute Gasteiger partial charge is 0.486 e. The quantitative estimate of drug-likeness (QED) is 0.517. The van der Waals surface area contributed by atoms with Crippen LogP contribution in [0.5, 0.6) is 11.5 Å². The smallest absolute Gasteiger partial charge is 0.255 e. The molecule has 0 atom stereocenters. The number of nitrogens with one attached hydrogen (secondary N) is 1. The van der Waals surface area contributed by atoms with Crippen molar-refractivity contribution >= 4 is 22.7 Å². The lowest BCUT2D eigenvalue weighted by atomic mass is 10.1. The van der Waals surface area contributed by atoms with Gasteiger partial charge in [-0.25, -0.2) is 4.98 Å². The Morgan fingerprint density at radius 2 is 1.77 bits per heavy atom. The molecule has 1 aromatic heterocycles. The van der Waals surface area contributed by atoms with Crippen LogP contribution >= 0.6 is 0 Å². The summed E-state index contributed by atoms with van der Waals surface area (Å²) in [5.74, 6) is 1.56. The van der Waals surface area contributed by atoms with Gasteiger partial charge in [-0.2, -0.15) is 0 Å². The molecule has 0 spiro atoms. The summed E-state index contributed by atoms with van der Waals surface area (Å²) >= 11 is 0. The van der Waals surface area contributed by atoms with Crippen molar-refractivity contribution in [3.05, 3.63) is 71.8 Å². The van der Waals surface area contributed by atoms with Crippen molar-refractivity contribution in [1.82, 2.24) is 4.98 Å². The predicted molar refractivity (Wildman–Crippen MR) is 114 cm³/mol. The molecule has 0 fully saturated rings. The Labute approximate surface area is 173 Å². The van der Waals surface area contributed by atoms with Crippen molar-refractivity contribution in [3.63, 3.8) is 0 Å². The fraction of sp³-hybridized carbons (Fsp3) is 0.167. The molecule has 0 aliphatic carbocycles. The molecule has 4 aromatic rings. The second-order valence-corrected chi connectivity index (χ2v) is 7.06. The Bertz CT molecular complexity index is 1230. The number of anilines is 1. The van der Waals surface area contributed by atoms with Gasteiger partial charge in [-0.05, 0) is 60.5 Å². The Balaban J connectivity index is 1.37. The first kappa shape index (κ1) is 18.2. The average molecular weight is 400 g/mol. The third-order valence-corrected chi connectivity index (χ3v) is 5.06. The number of oxazole rings is 1. The maximum Gasteiger partial charge on any atom is 0.255 e. The van der Waals surface area contributed by atoms with Gasteiger partial charge in [0.15, 0.2) is 17.1 Å². The molecule has 150 valence electrons. The molecular formula is C24H20N2O4. The van der Waals surface area contributed by atoms with Crippen LogP contribution in [0.1, 0.15) is 22.8 Å². The number of aryl methyl sites for hydroxylation is 1. The molecular weight excluding hydrogens is 380 g/mol. The zero-order valence-corrected chi connectivity index (χ0v) is 16.5. The molecule has 0 bridgehead atoms. The van der Waals surface area contributed by atoms with Gasteiger partial charge in [0.2, 0.25) is 5.89 Å². The monoisotopic (exact) mass is 400 g/mol. The summed E-state index contributed by atoms with van der Waals surface area (Å²) in [6.07, 6.45) is 0.986. The predicted octanol–water partition coefficient (Wildman–Crippen LogP) is 5.08. The summed E-state index contributed by atoms with van der Waals surface area (Å²) < 4.78 is 16.9. The molecule has 1 amide bonds. The van der Waals surface area contributed by atoms with Crippen molar-refractivity contribution < 1.29 is 18.7 Å². The lowest BCUT2D eigenvalue weighted by molar-refractivity contribution is 0.102. The normalized spacial score (nSPS) is 12.7. The van der Waals surface area contributed by atoms with Crippen molar-refractivity contribution in [3.8, 4) is 23.0 Å². The maximum atomic E-state index is 12.7. The van der Waals surface area contributed by atoms with Crippen LogP contribution in [0.15, 0.2) is 65.1 Å². The van der Waals surface area contributed by atoms with E-state index in [1.807, 2.05) is 18.2 Å². The van der Waals surface area contributed by atoms with Crippen LogP contribution in [-0.2, 0) is 6.42 Å². The number of ether oxygens (including phenoxy) is 2. The highest BCUT2D eigenvalue weighted by Gasteiger charge is 2.16. The summed E-state index contributed by atoms with van der Waals surface area (Å²) in [6.45, 7) is 3.11.